The van der Waals surface area contributed by atoms with Crippen molar-refractivity contribution in [3.05, 3.63) is 53.1 Å². The Morgan fingerprint density at radius 1 is 1.32 bits per heavy atom. The minimum Gasteiger partial charge on any atom is -0.370 e. The van der Waals surface area contributed by atoms with Gasteiger partial charge in [-0.05, 0) is 45.7 Å². The Bertz CT molecular complexity index is 766. The maximum absolute atomic E-state index is 13.0. The van der Waals surface area contributed by atoms with Crippen molar-refractivity contribution in [2.45, 2.75) is 52.8 Å². The summed E-state index contributed by atoms with van der Waals surface area (Å²) >= 11 is 0. The fourth-order valence-electron chi connectivity index (χ4n) is 3.21. The third-order valence-electron chi connectivity index (χ3n) is 4.89. The number of ether oxygens (including phenoxy) is 1. The molecule has 0 aliphatic carbocycles. The summed E-state index contributed by atoms with van der Waals surface area (Å²) in [5.41, 5.74) is 4.07. The number of amides is 1. The summed E-state index contributed by atoms with van der Waals surface area (Å²) in [5.74, 6) is -0.0227. The lowest BCUT2D eigenvalue weighted by Crippen LogP contribution is -2.48. The van der Waals surface area contributed by atoms with Crippen LogP contribution in [0.2, 0.25) is 0 Å². The lowest BCUT2D eigenvalue weighted by atomic mass is 9.98. The lowest BCUT2D eigenvalue weighted by Gasteiger charge is -2.38. The van der Waals surface area contributed by atoms with Crippen LogP contribution in [-0.2, 0) is 4.74 Å². The second-order valence-corrected chi connectivity index (χ2v) is 7.29. The predicted molar refractivity (Wildman–Crippen MR) is 97.7 cm³/mol. The molecule has 2 atom stereocenters. The Kier molecular flexibility index (Phi) is 4.95. The van der Waals surface area contributed by atoms with Gasteiger partial charge in [-0.1, -0.05) is 23.8 Å². The first-order valence-electron chi connectivity index (χ1n) is 8.90. The van der Waals surface area contributed by atoms with Crippen molar-refractivity contribution < 1.29 is 9.53 Å². The molecular weight excluding hydrogens is 314 g/mol. The molecule has 1 saturated heterocycles. The minimum absolute atomic E-state index is 0.0227. The molecule has 2 aromatic rings. The van der Waals surface area contributed by atoms with Crippen molar-refractivity contribution in [1.82, 2.24) is 14.5 Å². The van der Waals surface area contributed by atoms with Crippen LogP contribution in [0, 0.1) is 13.8 Å². The summed E-state index contributed by atoms with van der Waals surface area (Å²) in [5, 5.41) is 0. The van der Waals surface area contributed by atoms with Crippen molar-refractivity contribution in [1.29, 1.82) is 0 Å². The van der Waals surface area contributed by atoms with E-state index in [1.807, 2.05) is 22.6 Å². The monoisotopic (exact) mass is 341 g/mol. The van der Waals surface area contributed by atoms with Crippen LogP contribution in [0.15, 0.2) is 30.7 Å². The van der Waals surface area contributed by atoms with Gasteiger partial charge in [0.05, 0.1) is 25.5 Å². The Balaban J connectivity index is 1.82. The van der Waals surface area contributed by atoms with E-state index in [0.29, 0.717) is 24.9 Å². The van der Waals surface area contributed by atoms with Crippen molar-refractivity contribution in [2.24, 2.45) is 0 Å². The maximum Gasteiger partial charge on any atom is 0.274 e. The molecule has 0 bridgehead atoms. The Hall–Kier alpha value is -2.14. The zero-order chi connectivity index (χ0) is 18.1. The van der Waals surface area contributed by atoms with E-state index in [-0.39, 0.29) is 18.1 Å². The first-order valence-corrected chi connectivity index (χ1v) is 8.90. The highest BCUT2D eigenvalue weighted by molar-refractivity contribution is 5.92. The minimum atomic E-state index is -0.0905. The first kappa shape index (κ1) is 17.7. The third kappa shape index (κ3) is 3.61. The van der Waals surface area contributed by atoms with Crippen LogP contribution >= 0.6 is 0 Å². The SMILES string of the molecule is Cc1ccc(C)c([C@@H]2CN(C(=O)c3cn(C(C)C)cn3)[C@H](C)CO2)c1. The van der Waals surface area contributed by atoms with Gasteiger partial charge in [-0.3, -0.25) is 4.79 Å². The van der Waals surface area contributed by atoms with E-state index in [1.54, 1.807) is 6.33 Å². The van der Waals surface area contributed by atoms with Crippen LogP contribution in [-0.4, -0.2) is 39.6 Å². The number of carbonyl (C=O) groups is 1. The highest BCUT2D eigenvalue weighted by atomic mass is 16.5. The van der Waals surface area contributed by atoms with Crippen molar-refractivity contribution >= 4 is 5.91 Å². The molecule has 1 aliphatic rings. The van der Waals surface area contributed by atoms with Crippen LogP contribution in [0.25, 0.3) is 0 Å². The van der Waals surface area contributed by atoms with Gasteiger partial charge in [0, 0.05) is 12.2 Å². The van der Waals surface area contributed by atoms with E-state index in [0.717, 1.165) is 5.56 Å². The van der Waals surface area contributed by atoms with Crippen LogP contribution < -0.4 is 0 Å². The van der Waals surface area contributed by atoms with E-state index in [1.165, 1.54) is 11.1 Å². The number of morpholine rings is 1. The average molecular weight is 341 g/mol. The molecule has 134 valence electrons. The number of aryl methyl sites for hydroxylation is 2. The smallest absolute Gasteiger partial charge is 0.274 e. The maximum atomic E-state index is 13.0. The van der Waals surface area contributed by atoms with Gasteiger partial charge in [0.25, 0.3) is 5.91 Å². The molecule has 1 fully saturated rings. The molecule has 1 amide bonds. The number of carbonyl (C=O) groups excluding carboxylic acids is 1. The van der Waals surface area contributed by atoms with Crippen molar-refractivity contribution in [2.75, 3.05) is 13.2 Å². The van der Waals surface area contributed by atoms with E-state index in [4.69, 9.17) is 4.74 Å². The molecule has 0 spiro atoms. The molecular formula is C20H27N3O2. The normalized spacial score (nSPS) is 21.0. The second-order valence-electron chi connectivity index (χ2n) is 7.29. The highest BCUT2D eigenvalue weighted by Crippen LogP contribution is 2.28. The molecule has 5 heteroatoms. The molecule has 3 rings (SSSR count). The van der Waals surface area contributed by atoms with Gasteiger partial charge in [-0.2, -0.15) is 0 Å². The molecule has 1 aromatic carbocycles. The summed E-state index contributed by atoms with van der Waals surface area (Å²) in [7, 11) is 0. The fraction of sp³-hybridized carbons (Fsp3) is 0.500. The zero-order valence-electron chi connectivity index (χ0n) is 15.7. The molecule has 1 aromatic heterocycles. The number of rotatable bonds is 3. The molecule has 0 unspecified atom stereocenters. The van der Waals surface area contributed by atoms with Gasteiger partial charge in [0.1, 0.15) is 11.8 Å². The van der Waals surface area contributed by atoms with E-state index in [9.17, 15) is 4.79 Å². The summed E-state index contributed by atoms with van der Waals surface area (Å²) in [6.45, 7) is 11.4. The van der Waals surface area contributed by atoms with Crippen molar-refractivity contribution in [3.8, 4) is 0 Å². The van der Waals surface area contributed by atoms with E-state index < -0.39 is 0 Å². The number of hydrogen-bond acceptors (Lipinski definition) is 3. The van der Waals surface area contributed by atoms with Gasteiger partial charge in [-0.15, -0.1) is 0 Å². The summed E-state index contributed by atoms with van der Waals surface area (Å²) in [6, 6.07) is 6.71. The predicted octanol–water partition coefficient (Wildman–Crippen LogP) is 3.68. The van der Waals surface area contributed by atoms with E-state index >= 15 is 0 Å². The topological polar surface area (TPSA) is 47.4 Å². The van der Waals surface area contributed by atoms with Crippen LogP contribution in [0.4, 0.5) is 0 Å². The molecule has 0 saturated carbocycles. The van der Waals surface area contributed by atoms with E-state index in [2.05, 4.69) is 50.9 Å². The largest absolute Gasteiger partial charge is 0.370 e. The van der Waals surface area contributed by atoms with Crippen LogP contribution in [0.5, 0.6) is 0 Å². The molecule has 25 heavy (non-hydrogen) atoms. The summed E-state index contributed by atoms with van der Waals surface area (Å²) < 4.78 is 8.01. The molecule has 2 heterocycles. The van der Waals surface area contributed by atoms with Crippen LogP contribution in [0.1, 0.15) is 60.1 Å². The second kappa shape index (κ2) is 7.00. The summed E-state index contributed by atoms with van der Waals surface area (Å²) in [6.07, 6.45) is 3.47. The fourth-order valence-corrected chi connectivity index (χ4v) is 3.21. The Morgan fingerprint density at radius 2 is 2.08 bits per heavy atom. The van der Waals surface area contributed by atoms with Gasteiger partial charge in [-0.25, -0.2) is 4.98 Å². The number of nitrogens with zero attached hydrogens (tertiary/aromatic N) is 3. The first-order chi connectivity index (χ1) is 11.9. The van der Waals surface area contributed by atoms with Crippen LogP contribution in [0.3, 0.4) is 0 Å². The van der Waals surface area contributed by atoms with Gasteiger partial charge >= 0.3 is 0 Å². The molecule has 1 aliphatic heterocycles. The Morgan fingerprint density at radius 3 is 2.76 bits per heavy atom. The average Bonchev–Trinajstić information content (AvgIpc) is 3.07. The number of imidazole rings is 1. The molecule has 5 nitrogen and oxygen atoms in total. The lowest BCUT2D eigenvalue weighted by molar-refractivity contribution is -0.0490. The summed E-state index contributed by atoms with van der Waals surface area (Å²) in [4.78, 5) is 19.2. The molecule has 0 N–H and O–H groups in total. The third-order valence-corrected chi connectivity index (χ3v) is 4.89. The number of benzene rings is 1. The molecule has 0 radical (unpaired) electrons. The number of hydrogen-bond donors (Lipinski definition) is 0. The van der Waals surface area contributed by atoms with Gasteiger partial charge in [0.15, 0.2) is 0 Å². The standard InChI is InChI=1S/C20H27N3O2/c1-13(2)22-9-18(21-12-22)20(24)23-10-19(25-11-16(23)5)17-8-14(3)6-7-15(17)4/h6-9,12-13,16,19H,10-11H2,1-5H3/t16-,19+/m1/s1. The number of aromatic nitrogens is 2. The van der Waals surface area contributed by atoms with Crippen molar-refractivity contribution in [3.63, 3.8) is 0 Å². The highest BCUT2D eigenvalue weighted by Gasteiger charge is 2.32. The van der Waals surface area contributed by atoms with Gasteiger partial charge in [0.2, 0.25) is 0 Å². The zero-order valence-corrected chi connectivity index (χ0v) is 15.7. The Labute approximate surface area is 149 Å². The quantitative estimate of drug-likeness (QED) is 0.855. The van der Waals surface area contributed by atoms with Gasteiger partial charge < -0.3 is 14.2 Å².